The van der Waals surface area contributed by atoms with Crippen molar-refractivity contribution in [2.75, 3.05) is 13.6 Å². The van der Waals surface area contributed by atoms with Crippen LogP contribution in [-0.2, 0) is 10.0 Å². The SMILES string of the molecule is CCCCCN(C)C(=O)c1cc(S(N)(=O)=O)c(C)s1. The van der Waals surface area contributed by atoms with E-state index in [-0.39, 0.29) is 10.8 Å². The van der Waals surface area contributed by atoms with E-state index in [0.29, 0.717) is 16.3 Å². The molecule has 0 aliphatic carbocycles. The number of aryl methyl sites for hydroxylation is 1. The monoisotopic (exact) mass is 304 g/mol. The van der Waals surface area contributed by atoms with Crippen LogP contribution >= 0.6 is 11.3 Å². The lowest BCUT2D eigenvalue weighted by atomic mass is 10.2. The van der Waals surface area contributed by atoms with Crippen molar-refractivity contribution in [2.24, 2.45) is 5.14 Å². The van der Waals surface area contributed by atoms with Gasteiger partial charge in [0.05, 0.1) is 9.77 Å². The van der Waals surface area contributed by atoms with Crippen LogP contribution in [0, 0.1) is 6.92 Å². The zero-order chi connectivity index (χ0) is 14.6. The largest absolute Gasteiger partial charge is 0.341 e. The first-order valence-corrected chi connectivity index (χ1v) is 8.52. The van der Waals surface area contributed by atoms with Gasteiger partial charge in [-0.2, -0.15) is 0 Å². The van der Waals surface area contributed by atoms with E-state index in [9.17, 15) is 13.2 Å². The molecule has 0 spiro atoms. The standard InChI is InChI=1S/C12H20N2O3S2/c1-4-5-6-7-14(3)12(15)10-8-11(9(2)18-10)19(13,16)17/h8H,4-7H2,1-3H3,(H2,13,16,17). The molecule has 1 rings (SSSR count). The number of nitrogens with zero attached hydrogens (tertiary/aromatic N) is 1. The zero-order valence-electron chi connectivity index (χ0n) is 11.5. The van der Waals surface area contributed by atoms with Crippen molar-refractivity contribution in [3.8, 4) is 0 Å². The van der Waals surface area contributed by atoms with E-state index in [2.05, 4.69) is 6.92 Å². The van der Waals surface area contributed by atoms with Gasteiger partial charge in [-0.1, -0.05) is 19.8 Å². The van der Waals surface area contributed by atoms with Crippen molar-refractivity contribution < 1.29 is 13.2 Å². The zero-order valence-corrected chi connectivity index (χ0v) is 13.1. The highest BCUT2D eigenvalue weighted by atomic mass is 32.2. The van der Waals surface area contributed by atoms with E-state index in [4.69, 9.17) is 5.14 Å². The van der Waals surface area contributed by atoms with E-state index in [0.717, 1.165) is 19.3 Å². The van der Waals surface area contributed by atoms with Gasteiger partial charge in [0.25, 0.3) is 5.91 Å². The molecule has 0 atom stereocenters. The van der Waals surface area contributed by atoms with E-state index in [1.54, 1.807) is 18.9 Å². The van der Waals surface area contributed by atoms with Crippen molar-refractivity contribution in [3.63, 3.8) is 0 Å². The lowest BCUT2D eigenvalue weighted by Gasteiger charge is -2.15. The minimum absolute atomic E-state index is 0.0443. The van der Waals surface area contributed by atoms with Gasteiger partial charge in [-0.05, 0) is 19.4 Å². The fourth-order valence-electron chi connectivity index (χ4n) is 1.74. The van der Waals surface area contributed by atoms with Crippen LogP contribution in [0.1, 0.15) is 40.7 Å². The third-order valence-electron chi connectivity index (χ3n) is 2.83. The molecule has 0 fully saturated rings. The molecule has 0 saturated carbocycles. The molecule has 0 unspecified atom stereocenters. The summed E-state index contributed by atoms with van der Waals surface area (Å²) < 4.78 is 22.7. The molecular formula is C12H20N2O3S2. The molecule has 0 bridgehead atoms. The molecule has 1 aromatic rings. The van der Waals surface area contributed by atoms with E-state index in [1.165, 1.54) is 17.4 Å². The Morgan fingerprint density at radius 2 is 2.05 bits per heavy atom. The Balaban J connectivity index is 2.84. The number of sulfonamides is 1. The normalized spacial score (nSPS) is 11.6. The summed E-state index contributed by atoms with van der Waals surface area (Å²) in [5, 5.41) is 5.10. The average Bonchev–Trinajstić information content (AvgIpc) is 2.70. The quantitative estimate of drug-likeness (QED) is 0.816. The van der Waals surface area contributed by atoms with Crippen molar-refractivity contribution in [3.05, 3.63) is 15.8 Å². The van der Waals surface area contributed by atoms with Crippen LogP contribution in [0.2, 0.25) is 0 Å². The number of hydrogen-bond acceptors (Lipinski definition) is 4. The van der Waals surface area contributed by atoms with Gasteiger partial charge in [0.15, 0.2) is 0 Å². The molecule has 108 valence electrons. The number of unbranched alkanes of at least 4 members (excludes halogenated alkanes) is 2. The number of hydrogen-bond donors (Lipinski definition) is 1. The van der Waals surface area contributed by atoms with Crippen LogP contribution in [0.15, 0.2) is 11.0 Å². The average molecular weight is 304 g/mol. The van der Waals surface area contributed by atoms with Crippen LogP contribution in [0.25, 0.3) is 0 Å². The maximum Gasteiger partial charge on any atom is 0.263 e. The van der Waals surface area contributed by atoms with Crippen molar-refractivity contribution in [1.29, 1.82) is 0 Å². The molecule has 0 saturated heterocycles. The van der Waals surface area contributed by atoms with Crippen molar-refractivity contribution >= 4 is 27.3 Å². The minimum atomic E-state index is -3.75. The predicted octanol–water partition coefficient (Wildman–Crippen LogP) is 1.97. The molecular weight excluding hydrogens is 284 g/mol. The number of rotatable bonds is 6. The number of thiophene rings is 1. The molecule has 0 aliphatic rings. The highest BCUT2D eigenvalue weighted by molar-refractivity contribution is 7.89. The van der Waals surface area contributed by atoms with E-state index < -0.39 is 10.0 Å². The second kappa shape index (κ2) is 6.49. The second-order valence-corrected chi connectivity index (χ2v) is 7.30. The van der Waals surface area contributed by atoms with Crippen LogP contribution < -0.4 is 5.14 Å². The third-order valence-corrected chi connectivity index (χ3v) is 5.04. The fraction of sp³-hybridized carbons (Fsp3) is 0.583. The summed E-state index contributed by atoms with van der Waals surface area (Å²) >= 11 is 1.17. The van der Waals surface area contributed by atoms with E-state index in [1.807, 2.05) is 0 Å². The summed E-state index contributed by atoms with van der Waals surface area (Å²) in [6.07, 6.45) is 3.12. The maximum absolute atomic E-state index is 12.1. The Morgan fingerprint density at radius 1 is 1.42 bits per heavy atom. The fourth-order valence-corrected chi connectivity index (χ4v) is 3.88. The summed E-state index contributed by atoms with van der Waals surface area (Å²) in [7, 11) is -2.03. The Kier molecular flexibility index (Phi) is 5.51. The lowest BCUT2D eigenvalue weighted by Crippen LogP contribution is -2.27. The van der Waals surface area contributed by atoms with Gasteiger partial charge in [-0.3, -0.25) is 4.79 Å². The summed E-state index contributed by atoms with van der Waals surface area (Å²) in [6.45, 7) is 4.43. The summed E-state index contributed by atoms with van der Waals surface area (Å²) in [5.41, 5.74) is 0. The van der Waals surface area contributed by atoms with E-state index >= 15 is 0 Å². The maximum atomic E-state index is 12.1. The number of primary sulfonamides is 1. The van der Waals surface area contributed by atoms with Gasteiger partial charge in [-0.25, -0.2) is 13.6 Å². The number of carbonyl (C=O) groups excluding carboxylic acids is 1. The van der Waals surface area contributed by atoms with Crippen LogP contribution in [-0.4, -0.2) is 32.8 Å². The number of carbonyl (C=O) groups is 1. The Morgan fingerprint density at radius 3 is 2.53 bits per heavy atom. The minimum Gasteiger partial charge on any atom is -0.341 e. The second-order valence-electron chi connectivity index (χ2n) is 4.51. The Hall–Kier alpha value is -0.920. The van der Waals surface area contributed by atoms with Crippen LogP contribution in [0.3, 0.4) is 0 Å². The first-order valence-electron chi connectivity index (χ1n) is 6.16. The van der Waals surface area contributed by atoms with Gasteiger partial charge in [0.1, 0.15) is 0 Å². The highest BCUT2D eigenvalue weighted by Crippen LogP contribution is 2.25. The molecule has 2 N–H and O–H groups in total. The third kappa shape index (κ3) is 4.29. The first kappa shape index (κ1) is 16.1. The molecule has 1 aromatic heterocycles. The first-order chi connectivity index (χ1) is 8.77. The Labute approximate surface area is 118 Å². The molecule has 19 heavy (non-hydrogen) atoms. The number of amides is 1. The molecule has 7 heteroatoms. The molecule has 0 aromatic carbocycles. The van der Waals surface area contributed by atoms with Crippen molar-refractivity contribution in [2.45, 2.75) is 38.0 Å². The lowest BCUT2D eigenvalue weighted by molar-refractivity contribution is 0.0797. The summed E-state index contributed by atoms with van der Waals surface area (Å²) in [4.78, 5) is 14.8. The molecule has 0 radical (unpaired) electrons. The smallest absolute Gasteiger partial charge is 0.263 e. The van der Waals surface area contributed by atoms with Gasteiger partial charge < -0.3 is 4.90 Å². The summed E-state index contributed by atoms with van der Waals surface area (Å²) in [5.74, 6) is -0.154. The topological polar surface area (TPSA) is 80.5 Å². The van der Waals surface area contributed by atoms with Gasteiger partial charge in [0.2, 0.25) is 10.0 Å². The van der Waals surface area contributed by atoms with Gasteiger partial charge in [-0.15, -0.1) is 11.3 Å². The highest BCUT2D eigenvalue weighted by Gasteiger charge is 2.20. The Bertz CT molecular complexity index is 549. The molecule has 1 heterocycles. The van der Waals surface area contributed by atoms with Crippen LogP contribution in [0.5, 0.6) is 0 Å². The van der Waals surface area contributed by atoms with Gasteiger partial charge in [0, 0.05) is 18.5 Å². The molecule has 5 nitrogen and oxygen atoms in total. The van der Waals surface area contributed by atoms with Crippen LogP contribution in [0.4, 0.5) is 0 Å². The predicted molar refractivity (Wildman–Crippen MR) is 76.9 cm³/mol. The van der Waals surface area contributed by atoms with Gasteiger partial charge >= 0.3 is 0 Å². The molecule has 0 aliphatic heterocycles. The molecule has 1 amide bonds. The number of nitrogens with two attached hydrogens (primary N) is 1. The van der Waals surface area contributed by atoms with Crippen molar-refractivity contribution in [1.82, 2.24) is 4.90 Å². The summed E-state index contributed by atoms with van der Waals surface area (Å²) in [6, 6.07) is 1.37.